The summed E-state index contributed by atoms with van der Waals surface area (Å²) in [6.07, 6.45) is 2.48. The molecule has 7 heteroatoms. The van der Waals surface area contributed by atoms with Crippen LogP contribution >= 0.6 is 0 Å². The van der Waals surface area contributed by atoms with Gasteiger partial charge in [0, 0.05) is 19.1 Å². The number of halogens is 1. The first kappa shape index (κ1) is 20.4. The number of ether oxygens (including phenoxy) is 2. The number of amides is 2. The molecular weight excluding hydrogens is 363 g/mol. The Hall–Kier alpha value is -2.31. The van der Waals surface area contributed by atoms with Crippen LogP contribution in [0.3, 0.4) is 0 Å². The number of rotatable bonds is 7. The van der Waals surface area contributed by atoms with Gasteiger partial charge in [-0.25, -0.2) is 9.18 Å². The van der Waals surface area contributed by atoms with Gasteiger partial charge < -0.3 is 14.4 Å². The van der Waals surface area contributed by atoms with E-state index in [1.54, 1.807) is 23.1 Å². The molecule has 6 nitrogen and oxygen atoms in total. The van der Waals surface area contributed by atoms with Gasteiger partial charge in [-0.2, -0.15) is 0 Å². The van der Waals surface area contributed by atoms with E-state index in [-0.39, 0.29) is 42.9 Å². The van der Waals surface area contributed by atoms with Gasteiger partial charge in [-0.15, -0.1) is 0 Å². The first-order chi connectivity index (χ1) is 13.5. The number of para-hydroxylation sites is 1. The zero-order chi connectivity index (χ0) is 20.1. The highest BCUT2D eigenvalue weighted by molar-refractivity contribution is 5.76. The molecule has 1 aromatic carbocycles. The summed E-state index contributed by atoms with van der Waals surface area (Å²) in [6.45, 7) is 6.10. The van der Waals surface area contributed by atoms with E-state index in [0.717, 1.165) is 19.3 Å². The van der Waals surface area contributed by atoms with Crippen molar-refractivity contribution in [2.24, 2.45) is 5.92 Å². The molecule has 0 aliphatic carbocycles. The summed E-state index contributed by atoms with van der Waals surface area (Å²) in [7, 11) is 0. The summed E-state index contributed by atoms with van der Waals surface area (Å²) in [5, 5.41) is 0. The van der Waals surface area contributed by atoms with Crippen molar-refractivity contribution in [3.8, 4) is 5.75 Å². The van der Waals surface area contributed by atoms with E-state index in [0.29, 0.717) is 25.6 Å². The fourth-order valence-corrected chi connectivity index (χ4v) is 3.94. The molecule has 2 fully saturated rings. The lowest BCUT2D eigenvalue weighted by atomic mass is 9.95. The molecule has 3 rings (SSSR count). The molecule has 2 atom stereocenters. The summed E-state index contributed by atoms with van der Waals surface area (Å²) in [6, 6.07) is 6.42. The van der Waals surface area contributed by atoms with E-state index in [9.17, 15) is 14.0 Å². The van der Waals surface area contributed by atoms with Gasteiger partial charge in [-0.3, -0.25) is 9.69 Å². The second-order valence-corrected chi connectivity index (χ2v) is 7.58. The van der Waals surface area contributed by atoms with Gasteiger partial charge in [-0.1, -0.05) is 32.4 Å². The maximum Gasteiger partial charge on any atom is 0.410 e. The maximum absolute atomic E-state index is 13.5. The van der Waals surface area contributed by atoms with Crippen molar-refractivity contribution in [2.75, 3.05) is 26.3 Å². The highest BCUT2D eigenvalue weighted by Gasteiger charge is 2.41. The fourth-order valence-electron chi connectivity index (χ4n) is 3.94. The van der Waals surface area contributed by atoms with Crippen LogP contribution in [0.15, 0.2) is 24.3 Å². The molecule has 0 spiro atoms. The van der Waals surface area contributed by atoms with E-state index in [2.05, 4.69) is 13.8 Å². The standard InChI is InChI=1S/C21H29FN2O4/c1-3-15(2)18-14-28-21(26)24(18)16-8-11-23(12-9-16)20(25)10-13-27-19-7-5-4-6-17(19)22/h4-7,15-16,18H,3,8-14H2,1-2H3. The Morgan fingerprint density at radius 3 is 2.71 bits per heavy atom. The predicted molar refractivity (Wildman–Crippen MR) is 103 cm³/mol. The lowest BCUT2D eigenvalue weighted by Crippen LogP contribution is -2.51. The first-order valence-corrected chi connectivity index (χ1v) is 10.1. The number of hydrogen-bond donors (Lipinski definition) is 0. The second kappa shape index (κ2) is 9.26. The van der Waals surface area contributed by atoms with Crippen LogP contribution in [-0.2, 0) is 9.53 Å². The highest BCUT2D eigenvalue weighted by atomic mass is 19.1. The van der Waals surface area contributed by atoms with Crippen molar-refractivity contribution in [2.45, 2.75) is 51.6 Å². The first-order valence-electron chi connectivity index (χ1n) is 10.1. The molecule has 0 saturated carbocycles. The monoisotopic (exact) mass is 392 g/mol. The number of piperidine rings is 1. The summed E-state index contributed by atoms with van der Waals surface area (Å²) >= 11 is 0. The normalized spacial score (nSPS) is 21.5. The van der Waals surface area contributed by atoms with Crippen LogP contribution in [-0.4, -0.2) is 60.2 Å². The Balaban J connectivity index is 1.46. The quantitative estimate of drug-likeness (QED) is 0.713. The summed E-state index contributed by atoms with van der Waals surface area (Å²) in [4.78, 5) is 28.3. The van der Waals surface area contributed by atoms with Crippen LogP contribution in [0.25, 0.3) is 0 Å². The van der Waals surface area contributed by atoms with Gasteiger partial charge in [-0.05, 0) is 30.9 Å². The molecule has 1 aromatic rings. The van der Waals surface area contributed by atoms with E-state index in [4.69, 9.17) is 9.47 Å². The highest BCUT2D eigenvalue weighted by Crippen LogP contribution is 2.29. The number of likely N-dealkylation sites (tertiary alicyclic amines) is 1. The van der Waals surface area contributed by atoms with Crippen LogP contribution in [0, 0.1) is 11.7 Å². The lowest BCUT2D eigenvalue weighted by molar-refractivity contribution is -0.133. The minimum atomic E-state index is -0.427. The average molecular weight is 392 g/mol. The zero-order valence-corrected chi connectivity index (χ0v) is 16.6. The van der Waals surface area contributed by atoms with Gasteiger partial charge in [0.1, 0.15) is 6.61 Å². The van der Waals surface area contributed by atoms with Crippen LogP contribution < -0.4 is 4.74 Å². The maximum atomic E-state index is 13.5. The lowest BCUT2D eigenvalue weighted by Gasteiger charge is -2.39. The second-order valence-electron chi connectivity index (χ2n) is 7.58. The van der Waals surface area contributed by atoms with Gasteiger partial charge in [0.25, 0.3) is 0 Å². The van der Waals surface area contributed by atoms with Gasteiger partial charge in [0.2, 0.25) is 5.91 Å². The zero-order valence-electron chi connectivity index (χ0n) is 16.6. The third-order valence-electron chi connectivity index (χ3n) is 5.87. The Morgan fingerprint density at radius 2 is 2.04 bits per heavy atom. The third kappa shape index (κ3) is 4.56. The van der Waals surface area contributed by atoms with Gasteiger partial charge >= 0.3 is 6.09 Å². The smallest absolute Gasteiger partial charge is 0.410 e. The minimum Gasteiger partial charge on any atom is -0.490 e. The molecule has 0 aromatic heterocycles. The Bertz CT molecular complexity index is 691. The molecule has 28 heavy (non-hydrogen) atoms. The Labute approximate surface area is 165 Å². The number of cyclic esters (lactones) is 1. The molecule has 2 unspecified atom stereocenters. The summed E-state index contributed by atoms with van der Waals surface area (Å²) in [5.74, 6) is 0.126. The average Bonchev–Trinajstić information content (AvgIpc) is 3.10. The topological polar surface area (TPSA) is 59.1 Å². The van der Waals surface area contributed by atoms with Crippen molar-refractivity contribution in [3.63, 3.8) is 0 Å². The van der Waals surface area contributed by atoms with Crippen molar-refractivity contribution < 1.29 is 23.5 Å². The van der Waals surface area contributed by atoms with Crippen molar-refractivity contribution in [1.82, 2.24) is 9.80 Å². The molecule has 2 aliphatic heterocycles. The summed E-state index contributed by atoms with van der Waals surface area (Å²) < 4.78 is 24.2. The molecule has 2 saturated heterocycles. The van der Waals surface area contributed by atoms with Crippen LogP contribution in [0.1, 0.15) is 39.5 Å². The molecule has 0 N–H and O–H groups in total. The SMILES string of the molecule is CCC(C)C1COC(=O)N1C1CCN(C(=O)CCOc2ccccc2F)CC1. The van der Waals surface area contributed by atoms with Gasteiger partial charge in [0.15, 0.2) is 11.6 Å². The molecule has 2 aliphatic rings. The predicted octanol–water partition coefficient (Wildman–Crippen LogP) is 3.45. The van der Waals surface area contributed by atoms with E-state index in [1.807, 2.05) is 4.90 Å². The fraction of sp³-hybridized carbons (Fsp3) is 0.619. The number of carbonyl (C=O) groups excluding carboxylic acids is 2. The number of hydrogen-bond acceptors (Lipinski definition) is 4. The molecule has 2 amide bonds. The van der Waals surface area contributed by atoms with Crippen molar-refractivity contribution >= 4 is 12.0 Å². The minimum absolute atomic E-state index is 0.00253. The van der Waals surface area contributed by atoms with E-state index in [1.165, 1.54) is 6.07 Å². The van der Waals surface area contributed by atoms with Crippen molar-refractivity contribution in [1.29, 1.82) is 0 Å². The van der Waals surface area contributed by atoms with E-state index < -0.39 is 5.82 Å². The number of carbonyl (C=O) groups is 2. The Morgan fingerprint density at radius 1 is 1.32 bits per heavy atom. The molecule has 0 radical (unpaired) electrons. The molecule has 154 valence electrons. The van der Waals surface area contributed by atoms with Crippen molar-refractivity contribution in [3.05, 3.63) is 30.1 Å². The molecule has 0 bridgehead atoms. The molecular formula is C21H29FN2O4. The number of nitrogens with zero attached hydrogens (tertiary/aromatic N) is 2. The van der Waals surface area contributed by atoms with Crippen LogP contribution in [0.4, 0.5) is 9.18 Å². The van der Waals surface area contributed by atoms with E-state index >= 15 is 0 Å². The van der Waals surface area contributed by atoms with Gasteiger partial charge in [0.05, 0.1) is 19.1 Å². The summed E-state index contributed by atoms with van der Waals surface area (Å²) in [5.41, 5.74) is 0. The Kier molecular flexibility index (Phi) is 6.75. The van der Waals surface area contributed by atoms with Crippen LogP contribution in [0.2, 0.25) is 0 Å². The third-order valence-corrected chi connectivity index (χ3v) is 5.87. The largest absolute Gasteiger partial charge is 0.490 e. The molecule has 2 heterocycles. The number of benzene rings is 1. The van der Waals surface area contributed by atoms with Crippen LogP contribution in [0.5, 0.6) is 5.75 Å².